The van der Waals surface area contributed by atoms with Gasteiger partial charge in [0.05, 0.1) is 6.42 Å². The van der Waals surface area contributed by atoms with E-state index in [0.29, 0.717) is 5.56 Å². The van der Waals surface area contributed by atoms with Crippen LogP contribution in [0.25, 0.3) is 0 Å². The zero-order chi connectivity index (χ0) is 9.90. The molecule has 1 aromatic rings. The minimum Gasteiger partial charge on any atom is -0.171 e. The molecule has 0 saturated heterocycles. The predicted molar refractivity (Wildman–Crippen MR) is 48.8 cm³/mol. The highest BCUT2D eigenvalue weighted by Crippen LogP contribution is 2.34. The molecule has 0 amide bonds. The summed E-state index contributed by atoms with van der Waals surface area (Å²) < 4.78 is 35.9. The summed E-state index contributed by atoms with van der Waals surface area (Å²) in [6.45, 7) is 0. The third kappa shape index (κ3) is 3.81. The van der Waals surface area contributed by atoms with Gasteiger partial charge in [-0.1, -0.05) is 46.3 Å². The van der Waals surface area contributed by atoms with E-state index in [0.717, 1.165) is 0 Å². The van der Waals surface area contributed by atoms with Gasteiger partial charge < -0.3 is 0 Å². The Kier molecular flexibility index (Phi) is 3.36. The van der Waals surface area contributed by atoms with Crippen molar-refractivity contribution in [2.45, 2.75) is 17.4 Å². The van der Waals surface area contributed by atoms with Crippen molar-refractivity contribution >= 4 is 15.9 Å². The Hall–Kier alpha value is -0.510. The topological polar surface area (TPSA) is 0 Å². The molecule has 0 bridgehead atoms. The van der Waals surface area contributed by atoms with E-state index < -0.39 is 17.4 Å². The summed E-state index contributed by atoms with van der Waals surface area (Å²) in [4.78, 5) is -0.645. The molecule has 1 atom stereocenters. The minimum atomic E-state index is -4.12. The summed E-state index contributed by atoms with van der Waals surface area (Å²) in [6.07, 6.45) is -4.96. The van der Waals surface area contributed by atoms with Crippen molar-refractivity contribution in [2.75, 3.05) is 0 Å². The van der Waals surface area contributed by atoms with Crippen LogP contribution < -0.4 is 0 Å². The third-order valence-corrected chi connectivity index (χ3v) is 2.42. The van der Waals surface area contributed by atoms with Crippen molar-refractivity contribution in [3.05, 3.63) is 35.9 Å². The fourth-order valence-electron chi connectivity index (χ4n) is 0.983. The molecule has 0 aliphatic rings. The van der Waals surface area contributed by atoms with Gasteiger partial charge in [-0.3, -0.25) is 0 Å². The van der Waals surface area contributed by atoms with E-state index in [4.69, 9.17) is 0 Å². The third-order valence-electron chi connectivity index (χ3n) is 1.57. The van der Waals surface area contributed by atoms with Gasteiger partial charge in [-0.15, -0.1) is 0 Å². The quantitative estimate of drug-likeness (QED) is 0.697. The van der Waals surface area contributed by atoms with E-state index in [9.17, 15) is 13.2 Å². The number of benzene rings is 1. The van der Waals surface area contributed by atoms with Crippen LogP contribution in [-0.2, 0) is 0 Å². The van der Waals surface area contributed by atoms with Crippen molar-refractivity contribution in [3.63, 3.8) is 0 Å². The van der Waals surface area contributed by atoms with Gasteiger partial charge in [0.25, 0.3) is 0 Å². The lowest BCUT2D eigenvalue weighted by Gasteiger charge is -2.12. The van der Waals surface area contributed by atoms with Crippen LogP contribution in [-0.4, -0.2) is 6.18 Å². The van der Waals surface area contributed by atoms with Crippen molar-refractivity contribution < 1.29 is 13.2 Å². The number of halogens is 4. The van der Waals surface area contributed by atoms with Crippen molar-refractivity contribution in [1.29, 1.82) is 0 Å². The first-order valence-electron chi connectivity index (χ1n) is 3.75. The molecule has 0 fully saturated rings. The molecule has 0 aromatic heterocycles. The Bertz CT molecular complexity index is 255. The van der Waals surface area contributed by atoms with Crippen molar-refractivity contribution in [2.24, 2.45) is 0 Å². The van der Waals surface area contributed by atoms with Gasteiger partial charge in [-0.25, -0.2) is 0 Å². The van der Waals surface area contributed by atoms with Gasteiger partial charge in [0, 0.05) is 4.83 Å². The maximum Gasteiger partial charge on any atom is 0.390 e. The molecular weight excluding hydrogens is 245 g/mol. The molecule has 0 nitrogen and oxygen atoms in total. The van der Waals surface area contributed by atoms with E-state index in [1.54, 1.807) is 30.3 Å². The van der Waals surface area contributed by atoms with Crippen LogP contribution in [0.1, 0.15) is 16.8 Å². The van der Waals surface area contributed by atoms with Gasteiger partial charge in [0.15, 0.2) is 0 Å². The highest BCUT2D eigenvalue weighted by molar-refractivity contribution is 9.09. The normalized spacial score (nSPS) is 14.2. The molecule has 0 heterocycles. The average molecular weight is 253 g/mol. The first-order valence-corrected chi connectivity index (χ1v) is 4.66. The number of hydrogen-bond donors (Lipinski definition) is 0. The second-order valence-corrected chi connectivity index (χ2v) is 3.80. The molecule has 72 valence electrons. The van der Waals surface area contributed by atoms with Crippen molar-refractivity contribution in [1.82, 2.24) is 0 Å². The van der Waals surface area contributed by atoms with Gasteiger partial charge in [-0.05, 0) is 5.56 Å². The lowest BCUT2D eigenvalue weighted by atomic mass is 10.1. The van der Waals surface area contributed by atoms with Crippen LogP contribution in [0.4, 0.5) is 13.2 Å². The lowest BCUT2D eigenvalue weighted by molar-refractivity contribution is -0.134. The molecule has 1 aromatic carbocycles. The van der Waals surface area contributed by atoms with Gasteiger partial charge in [0.2, 0.25) is 0 Å². The number of alkyl halides is 4. The number of hydrogen-bond acceptors (Lipinski definition) is 0. The van der Waals surface area contributed by atoms with Gasteiger partial charge in [0.1, 0.15) is 0 Å². The number of rotatable bonds is 2. The molecule has 1 unspecified atom stereocenters. The molecule has 0 spiro atoms. The Morgan fingerprint density at radius 2 is 1.69 bits per heavy atom. The highest BCUT2D eigenvalue weighted by atomic mass is 79.9. The lowest BCUT2D eigenvalue weighted by Crippen LogP contribution is -2.10. The largest absolute Gasteiger partial charge is 0.390 e. The van der Waals surface area contributed by atoms with E-state index in [1.807, 2.05) is 0 Å². The zero-order valence-electron chi connectivity index (χ0n) is 6.68. The summed E-state index contributed by atoms with van der Waals surface area (Å²) in [6, 6.07) is 8.56. The Labute approximate surface area is 82.9 Å². The average Bonchev–Trinajstić information content (AvgIpc) is 2.03. The van der Waals surface area contributed by atoms with Crippen LogP contribution in [0.2, 0.25) is 0 Å². The highest BCUT2D eigenvalue weighted by Gasteiger charge is 2.31. The molecule has 0 saturated carbocycles. The molecule has 0 aliphatic carbocycles. The van der Waals surface area contributed by atoms with Crippen molar-refractivity contribution in [3.8, 4) is 0 Å². The second kappa shape index (κ2) is 4.13. The smallest absolute Gasteiger partial charge is 0.171 e. The molecule has 0 radical (unpaired) electrons. The molecule has 13 heavy (non-hydrogen) atoms. The van der Waals surface area contributed by atoms with Crippen LogP contribution >= 0.6 is 15.9 Å². The van der Waals surface area contributed by atoms with Crippen LogP contribution in [0.5, 0.6) is 0 Å². The maximum absolute atomic E-state index is 12.0. The molecule has 1 rings (SSSR count). The van der Waals surface area contributed by atoms with E-state index in [-0.39, 0.29) is 0 Å². The zero-order valence-corrected chi connectivity index (χ0v) is 8.27. The van der Waals surface area contributed by atoms with Crippen LogP contribution in [0, 0.1) is 0 Å². The van der Waals surface area contributed by atoms with Gasteiger partial charge >= 0.3 is 6.18 Å². The summed E-state index contributed by atoms with van der Waals surface area (Å²) in [7, 11) is 0. The van der Waals surface area contributed by atoms with E-state index in [1.165, 1.54) is 0 Å². The fourth-order valence-corrected chi connectivity index (χ4v) is 1.66. The Morgan fingerprint density at radius 1 is 1.15 bits per heavy atom. The molecule has 4 heteroatoms. The van der Waals surface area contributed by atoms with Gasteiger partial charge in [-0.2, -0.15) is 13.2 Å². The molecule has 0 aliphatic heterocycles. The Morgan fingerprint density at radius 3 is 2.15 bits per heavy atom. The van der Waals surface area contributed by atoms with Crippen LogP contribution in [0.15, 0.2) is 30.3 Å². The summed E-state index contributed by atoms with van der Waals surface area (Å²) >= 11 is 3.00. The maximum atomic E-state index is 12.0. The summed E-state index contributed by atoms with van der Waals surface area (Å²) in [5.74, 6) is 0. The Balaban J connectivity index is 2.64. The van der Waals surface area contributed by atoms with Crippen LogP contribution in [0.3, 0.4) is 0 Å². The first kappa shape index (κ1) is 10.6. The van der Waals surface area contributed by atoms with E-state index >= 15 is 0 Å². The fraction of sp³-hybridized carbons (Fsp3) is 0.333. The molecule has 0 N–H and O–H groups in total. The summed E-state index contributed by atoms with van der Waals surface area (Å²) in [5.41, 5.74) is 0.653. The standard InChI is InChI=1S/C9H8BrF3/c10-8(6-9(11,12)13)7-4-2-1-3-5-7/h1-5,8H,6H2. The second-order valence-electron chi connectivity index (χ2n) is 2.70. The minimum absolute atomic E-state index is 0.645. The predicted octanol–water partition coefficient (Wildman–Crippen LogP) is 4.08. The monoisotopic (exact) mass is 252 g/mol. The summed E-state index contributed by atoms with van der Waals surface area (Å²) in [5, 5.41) is 0. The van der Waals surface area contributed by atoms with E-state index in [2.05, 4.69) is 15.9 Å². The first-order chi connectivity index (χ1) is 5.99. The SMILES string of the molecule is FC(F)(F)CC(Br)c1ccccc1. The molecular formula is C9H8BrF3.